The first kappa shape index (κ1) is 9.04. The lowest BCUT2D eigenvalue weighted by Gasteiger charge is -2.12. The fraction of sp³-hybridized carbons (Fsp3) is 0.500. The van der Waals surface area contributed by atoms with E-state index in [4.69, 9.17) is 4.52 Å². The molecule has 0 N–H and O–H groups in total. The normalized spacial score (nSPS) is 12.7. The third-order valence-electron chi connectivity index (χ3n) is 1.63. The van der Waals surface area contributed by atoms with E-state index in [0.29, 0.717) is 0 Å². The van der Waals surface area contributed by atoms with E-state index in [1.807, 2.05) is 25.1 Å². The van der Waals surface area contributed by atoms with E-state index in [0.717, 1.165) is 11.5 Å². The zero-order valence-electron chi connectivity index (χ0n) is 8.09. The van der Waals surface area contributed by atoms with Crippen LogP contribution >= 0.6 is 0 Å². The molecular weight excluding hydrogens is 150 g/mol. The van der Waals surface area contributed by atoms with Crippen molar-refractivity contribution in [3.05, 3.63) is 23.6 Å². The van der Waals surface area contributed by atoms with Gasteiger partial charge in [0.1, 0.15) is 0 Å². The van der Waals surface area contributed by atoms with E-state index >= 15 is 0 Å². The molecule has 0 atom stereocenters. The van der Waals surface area contributed by atoms with E-state index in [1.54, 1.807) is 0 Å². The van der Waals surface area contributed by atoms with E-state index in [-0.39, 0.29) is 5.41 Å². The molecule has 0 unspecified atom stereocenters. The largest absolute Gasteiger partial charge is 0.357 e. The van der Waals surface area contributed by atoms with Crippen molar-refractivity contribution < 1.29 is 4.52 Å². The quantitative estimate of drug-likeness (QED) is 0.639. The van der Waals surface area contributed by atoms with Crippen LogP contribution in [0.25, 0.3) is 6.08 Å². The standard InChI is InChI=1S/C10H15NO/c1-5-6-8-7-9(11-12-8)10(2,3)4/h5-7H,1-4H3/b6-5+. The van der Waals surface area contributed by atoms with E-state index in [1.165, 1.54) is 0 Å². The maximum absolute atomic E-state index is 5.09. The van der Waals surface area contributed by atoms with Crippen molar-refractivity contribution >= 4 is 6.08 Å². The van der Waals surface area contributed by atoms with Gasteiger partial charge in [0, 0.05) is 11.5 Å². The minimum atomic E-state index is 0.0727. The van der Waals surface area contributed by atoms with Crippen LogP contribution in [0.5, 0.6) is 0 Å². The second-order valence-corrected chi connectivity index (χ2v) is 3.86. The highest BCUT2D eigenvalue weighted by atomic mass is 16.5. The first-order valence-corrected chi connectivity index (χ1v) is 4.14. The molecule has 1 aromatic heterocycles. The molecule has 1 aromatic rings. The van der Waals surface area contributed by atoms with Gasteiger partial charge in [0.05, 0.1) is 5.69 Å². The fourth-order valence-electron chi connectivity index (χ4n) is 0.886. The first-order valence-electron chi connectivity index (χ1n) is 4.14. The van der Waals surface area contributed by atoms with E-state index < -0.39 is 0 Å². The molecule has 0 saturated heterocycles. The van der Waals surface area contributed by atoms with Gasteiger partial charge in [-0.2, -0.15) is 0 Å². The number of aromatic nitrogens is 1. The molecule has 66 valence electrons. The number of allylic oxidation sites excluding steroid dienone is 1. The summed E-state index contributed by atoms with van der Waals surface area (Å²) in [7, 11) is 0. The van der Waals surface area contributed by atoms with Crippen LogP contribution in [0.3, 0.4) is 0 Å². The summed E-state index contributed by atoms with van der Waals surface area (Å²) in [5, 5.41) is 3.98. The number of rotatable bonds is 1. The summed E-state index contributed by atoms with van der Waals surface area (Å²) in [6.45, 7) is 8.30. The lowest BCUT2D eigenvalue weighted by Crippen LogP contribution is -2.10. The summed E-state index contributed by atoms with van der Waals surface area (Å²) >= 11 is 0. The highest BCUT2D eigenvalue weighted by Gasteiger charge is 2.17. The maximum Gasteiger partial charge on any atom is 0.159 e. The van der Waals surface area contributed by atoms with Crippen molar-refractivity contribution in [3.63, 3.8) is 0 Å². The van der Waals surface area contributed by atoms with Crippen LogP contribution in [0, 0.1) is 0 Å². The highest BCUT2D eigenvalue weighted by molar-refractivity contribution is 5.42. The molecule has 0 aliphatic rings. The lowest BCUT2D eigenvalue weighted by atomic mass is 9.92. The molecular formula is C10H15NO. The SMILES string of the molecule is C/C=C/c1cc(C(C)(C)C)no1. The van der Waals surface area contributed by atoms with Crippen LogP contribution in [0.4, 0.5) is 0 Å². The molecule has 0 radical (unpaired) electrons. The Bertz CT molecular complexity index is 278. The van der Waals surface area contributed by atoms with Gasteiger partial charge in [0.2, 0.25) is 0 Å². The van der Waals surface area contributed by atoms with Crippen LogP contribution in [-0.4, -0.2) is 5.16 Å². The Morgan fingerprint density at radius 1 is 1.42 bits per heavy atom. The van der Waals surface area contributed by atoms with Crippen LogP contribution in [0.15, 0.2) is 16.7 Å². The zero-order chi connectivity index (χ0) is 9.19. The second-order valence-electron chi connectivity index (χ2n) is 3.86. The van der Waals surface area contributed by atoms with Gasteiger partial charge >= 0.3 is 0 Å². The summed E-state index contributed by atoms with van der Waals surface area (Å²) in [5.41, 5.74) is 1.07. The molecule has 0 aliphatic carbocycles. The van der Waals surface area contributed by atoms with Crippen LogP contribution in [0.2, 0.25) is 0 Å². The molecule has 0 saturated carbocycles. The Labute approximate surface area is 73.3 Å². The van der Waals surface area contributed by atoms with Crippen molar-refractivity contribution in [2.24, 2.45) is 0 Å². The highest BCUT2D eigenvalue weighted by Crippen LogP contribution is 2.21. The number of hydrogen-bond acceptors (Lipinski definition) is 2. The minimum absolute atomic E-state index is 0.0727. The van der Waals surface area contributed by atoms with Crippen molar-refractivity contribution in [1.29, 1.82) is 0 Å². The van der Waals surface area contributed by atoms with Crippen molar-refractivity contribution in [2.45, 2.75) is 33.1 Å². The summed E-state index contributed by atoms with van der Waals surface area (Å²) in [6, 6.07) is 1.97. The van der Waals surface area contributed by atoms with E-state index in [2.05, 4.69) is 25.9 Å². The smallest absolute Gasteiger partial charge is 0.159 e. The van der Waals surface area contributed by atoms with Gasteiger partial charge in [-0.05, 0) is 13.0 Å². The van der Waals surface area contributed by atoms with Crippen molar-refractivity contribution in [2.75, 3.05) is 0 Å². The first-order chi connectivity index (χ1) is 5.54. The number of hydrogen-bond donors (Lipinski definition) is 0. The molecule has 2 heteroatoms. The summed E-state index contributed by atoms with van der Waals surface area (Å²) in [4.78, 5) is 0. The Hall–Kier alpha value is -1.05. The van der Waals surface area contributed by atoms with Gasteiger partial charge in [0.15, 0.2) is 5.76 Å². The predicted octanol–water partition coefficient (Wildman–Crippen LogP) is 3.01. The topological polar surface area (TPSA) is 26.0 Å². The molecule has 2 nitrogen and oxygen atoms in total. The van der Waals surface area contributed by atoms with Gasteiger partial charge in [-0.15, -0.1) is 0 Å². The van der Waals surface area contributed by atoms with Gasteiger partial charge in [-0.25, -0.2) is 0 Å². The molecule has 1 heterocycles. The van der Waals surface area contributed by atoms with Crippen LogP contribution in [-0.2, 0) is 5.41 Å². The van der Waals surface area contributed by atoms with Crippen molar-refractivity contribution in [1.82, 2.24) is 5.16 Å². The monoisotopic (exact) mass is 165 g/mol. The molecule has 0 amide bonds. The zero-order valence-corrected chi connectivity index (χ0v) is 8.09. The molecule has 1 rings (SSSR count). The Balaban J connectivity index is 2.92. The summed E-state index contributed by atoms with van der Waals surface area (Å²) in [5.74, 6) is 0.822. The molecule has 0 aromatic carbocycles. The molecule has 0 spiro atoms. The van der Waals surface area contributed by atoms with Crippen LogP contribution < -0.4 is 0 Å². The minimum Gasteiger partial charge on any atom is -0.357 e. The van der Waals surface area contributed by atoms with Gasteiger partial charge < -0.3 is 4.52 Å². The average Bonchev–Trinajstić information content (AvgIpc) is 2.35. The summed E-state index contributed by atoms with van der Waals surface area (Å²) in [6.07, 6.45) is 3.84. The van der Waals surface area contributed by atoms with E-state index in [9.17, 15) is 0 Å². The molecule has 0 aliphatic heterocycles. The summed E-state index contributed by atoms with van der Waals surface area (Å²) < 4.78 is 5.09. The third-order valence-corrected chi connectivity index (χ3v) is 1.63. The number of nitrogens with zero attached hydrogens (tertiary/aromatic N) is 1. The van der Waals surface area contributed by atoms with Gasteiger partial charge in [-0.1, -0.05) is 32.0 Å². The lowest BCUT2D eigenvalue weighted by molar-refractivity contribution is 0.387. The second kappa shape index (κ2) is 3.13. The van der Waals surface area contributed by atoms with Crippen LogP contribution in [0.1, 0.15) is 39.1 Å². The Morgan fingerprint density at radius 3 is 2.50 bits per heavy atom. The van der Waals surface area contributed by atoms with Crippen molar-refractivity contribution in [3.8, 4) is 0 Å². The third kappa shape index (κ3) is 1.97. The van der Waals surface area contributed by atoms with Gasteiger partial charge in [-0.3, -0.25) is 0 Å². The molecule has 12 heavy (non-hydrogen) atoms. The molecule has 0 bridgehead atoms. The Morgan fingerprint density at radius 2 is 2.08 bits per heavy atom. The molecule has 0 fully saturated rings. The maximum atomic E-state index is 5.09. The fourth-order valence-corrected chi connectivity index (χ4v) is 0.886. The van der Waals surface area contributed by atoms with Gasteiger partial charge in [0.25, 0.3) is 0 Å². The predicted molar refractivity (Wildman–Crippen MR) is 49.9 cm³/mol. The average molecular weight is 165 g/mol. The Kier molecular flexibility index (Phi) is 2.36.